The number of anilines is 1. The number of amides is 1. The van der Waals surface area contributed by atoms with Gasteiger partial charge in [-0.3, -0.25) is 9.36 Å². The van der Waals surface area contributed by atoms with Gasteiger partial charge in [-0.15, -0.1) is 10.2 Å². The average Bonchev–Trinajstić information content (AvgIpc) is 3.27. The van der Waals surface area contributed by atoms with Gasteiger partial charge in [-0.05, 0) is 73.7 Å². The number of nitrogens with one attached hydrogen (secondary N) is 1. The van der Waals surface area contributed by atoms with Gasteiger partial charge in [-0.25, -0.2) is 0 Å². The third-order valence-corrected chi connectivity index (χ3v) is 6.23. The van der Waals surface area contributed by atoms with Crippen molar-refractivity contribution in [2.24, 2.45) is 0 Å². The Kier molecular flexibility index (Phi) is 8.17. The Hall–Kier alpha value is -3.20. The molecule has 180 valence electrons. The first kappa shape index (κ1) is 24.9. The highest BCUT2D eigenvalue weighted by Gasteiger charge is 2.18. The minimum atomic E-state index is -0.222. The van der Waals surface area contributed by atoms with Gasteiger partial charge in [0.15, 0.2) is 11.0 Å². The normalized spacial score (nSPS) is 10.7. The van der Waals surface area contributed by atoms with Crippen molar-refractivity contribution in [2.45, 2.75) is 12.1 Å². The molecule has 4 rings (SSSR count). The Morgan fingerprint density at radius 2 is 1.63 bits per heavy atom. The highest BCUT2D eigenvalue weighted by atomic mass is 35.5. The summed E-state index contributed by atoms with van der Waals surface area (Å²) in [7, 11) is 1.62. The number of carbonyl (C=O) groups excluding carboxylic acids is 1. The number of hydrogen-bond acceptors (Lipinski definition) is 6. The Bertz CT molecular complexity index is 1290. The van der Waals surface area contributed by atoms with Crippen LogP contribution in [0.4, 0.5) is 5.69 Å². The number of nitrogens with zero attached hydrogens (tertiary/aromatic N) is 3. The van der Waals surface area contributed by atoms with E-state index >= 15 is 0 Å². The van der Waals surface area contributed by atoms with Crippen LogP contribution in [0, 0.1) is 0 Å². The molecule has 0 unspecified atom stereocenters. The third-order valence-electron chi connectivity index (χ3n) is 4.87. The number of carbonyl (C=O) groups is 1. The van der Waals surface area contributed by atoms with Crippen molar-refractivity contribution in [3.8, 4) is 28.6 Å². The highest BCUT2D eigenvalue weighted by Crippen LogP contribution is 2.30. The molecule has 1 heterocycles. The van der Waals surface area contributed by atoms with Crippen LogP contribution in [0.5, 0.6) is 11.5 Å². The summed E-state index contributed by atoms with van der Waals surface area (Å²) < 4.78 is 12.7. The number of halogens is 2. The molecular weight excluding hydrogens is 507 g/mol. The molecule has 0 bridgehead atoms. The van der Waals surface area contributed by atoms with Crippen molar-refractivity contribution in [2.75, 3.05) is 24.8 Å². The van der Waals surface area contributed by atoms with Gasteiger partial charge in [0.1, 0.15) is 11.5 Å². The monoisotopic (exact) mass is 528 g/mol. The van der Waals surface area contributed by atoms with E-state index in [-0.39, 0.29) is 11.7 Å². The molecule has 0 aliphatic carbocycles. The standard InChI is InChI=1S/C25H22Cl2N4O3S/c1-3-34-22-10-6-20(7-11-22)31-24(16-4-8-21(33-2)9-5-16)29-30-25(31)35-15-23(32)28-19-13-17(26)12-18(27)14-19/h4-14H,3,15H2,1-2H3,(H,28,32). The topological polar surface area (TPSA) is 78.3 Å². The number of rotatable bonds is 9. The lowest BCUT2D eigenvalue weighted by molar-refractivity contribution is -0.113. The number of aromatic nitrogens is 3. The van der Waals surface area contributed by atoms with Gasteiger partial charge in [0.05, 0.1) is 19.5 Å². The number of ether oxygens (including phenoxy) is 2. The van der Waals surface area contributed by atoms with Gasteiger partial charge >= 0.3 is 0 Å². The van der Waals surface area contributed by atoms with Crippen LogP contribution in [0.15, 0.2) is 71.9 Å². The minimum absolute atomic E-state index is 0.113. The van der Waals surface area contributed by atoms with Crippen LogP contribution in [0.3, 0.4) is 0 Å². The maximum Gasteiger partial charge on any atom is 0.234 e. The molecule has 0 saturated heterocycles. The summed E-state index contributed by atoms with van der Waals surface area (Å²) in [6, 6.07) is 20.1. The molecule has 3 aromatic carbocycles. The first-order valence-electron chi connectivity index (χ1n) is 10.7. The van der Waals surface area contributed by atoms with E-state index in [0.29, 0.717) is 33.3 Å². The van der Waals surface area contributed by atoms with E-state index in [1.165, 1.54) is 11.8 Å². The lowest BCUT2D eigenvalue weighted by Gasteiger charge is -2.12. The molecule has 0 aliphatic rings. The summed E-state index contributed by atoms with van der Waals surface area (Å²) in [6.45, 7) is 2.52. The van der Waals surface area contributed by atoms with Crippen LogP contribution < -0.4 is 14.8 Å². The Balaban J connectivity index is 1.60. The molecule has 1 amide bonds. The number of hydrogen-bond donors (Lipinski definition) is 1. The van der Waals surface area contributed by atoms with Crippen LogP contribution in [0.2, 0.25) is 10.0 Å². The Morgan fingerprint density at radius 3 is 2.26 bits per heavy atom. The molecule has 35 heavy (non-hydrogen) atoms. The van der Waals surface area contributed by atoms with E-state index in [1.807, 2.05) is 60.0 Å². The van der Waals surface area contributed by atoms with Crippen LogP contribution in [-0.2, 0) is 4.79 Å². The van der Waals surface area contributed by atoms with Gasteiger partial charge in [0.25, 0.3) is 0 Å². The van der Waals surface area contributed by atoms with Gasteiger partial charge in [0.2, 0.25) is 5.91 Å². The van der Waals surface area contributed by atoms with Crippen LogP contribution in [-0.4, -0.2) is 40.1 Å². The first-order chi connectivity index (χ1) is 17.0. The minimum Gasteiger partial charge on any atom is -0.497 e. The molecular formula is C25H22Cl2N4O3S. The number of thioether (sulfide) groups is 1. The maximum absolute atomic E-state index is 12.6. The van der Waals surface area contributed by atoms with Crippen LogP contribution in [0.25, 0.3) is 17.1 Å². The zero-order chi connectivity index (χ0) is 24.8. The largest absolute Gasteiger partial charge is 0.497 e. The fourth-order valence-corrected chi connectivity index (χ4v) is 4.61. The lowest BCUT2D eigenvalue weighted by atomic mass is 10.2. The van der Waals surface area contributed by atoms with Gasteiger partial charge in [0, 0.05) is 27.0 Å². The second-order valence-electron chi connectivity index (χ2n) is 7.29. The van der Waals surface area contributed by atoms with Crippen LogP contribution >= 0.6 is 35.0 Å². The molecule has 0 saturated carbocycles. The molecule has 0 spiro atoms. The second-order valence-corrected chi connectivity index (χ2v) is 9.11. The van der Waals surface area contributed by atoms with Gasteiger partial charge in [-0.1, -0.05) is 35.0 Å². The zero-order valence-electron chi connectivity index (χ0n) is 19.0. The van der Waals surface area contributed by atoms with E-state index in [0.717, 1.165) is 22.7 Å². The lowest BCUT2D eigenvalue weighted by Crippen LogP contribution is -2.14. The fraction of sp³-hybridized carbons (Fsp3) is 0.160. The van der Waals surface area contributed by atoms with Crippen molar-refractivity contribution in [3.05, 3.63) is 76.8 Å². The summed E-state index contributed by atoms with van der Waals surface area (Å²) >= 11 is 13.3. The van der Waals surface area contributed by atoms with E-state index in [9.17, 15) is 4.79 Å². The molecule has 0 radical (unpaired) electrons. The molecule has 10 heteroatoms. The highest BCUT2D eigenvalue weighted by molar-refractivity contribution is 7.99. The SMILES string of the molecule is CCOc1ccc(-n2c(SCC(=O)Nc3cc(Cl)cc(Cl)c3)nnc2-c2ccc(OC)cc2)cc1. The summed E-state index contributed by atoms with van der Waals surface area (Å²) in [5, 5.41) is 13.1. The third kappa shape index (κ3) is 6.28. The maximum atomic E-state index is 12.6. The van der Waals surface area contributed by atoms with Crippen molar-refractivity contribution in [1.82, 2.24) is 14.8 Å². The van der Waals surface area contributed by atoms with Crippen molar-refractivity contribution >= 4 is 46.6 Å². The molecule has 7 nitrogen and oxygen atoms in total. The summed E-state index contributed by atoms with van der Waals surface area (Å²) in [6.07, 6.45) is 0. The van der Waals surface area contributed by atoms with E-state index < -0.39 is 0 Å². The predicted octanol–water partition coefficient (Wildman–Crippen LogP) is 6.38. The molecule has 0 fully saturated rings. The van der Waals surface area contributed by atoms with Crippen LogP contribution in [0.1, 0.15) is 6.92 Å². The quantitative estimate of drug-likeness (QED) is 0.254. The Labute approximate surface area is 217 Å². The van der Waals surface area contributed by atoms with E-state index in [2.05, 4.69) is 15.5 Å². The average molecular weight is 529 g/mol. The summed E-state index contributed by atoms with van der Waals surface area (Å²) in [4.78, 5) is 12.6. The molecule has 0 aliphatic heterocycles. The van der Waals surface area contributed by atoms with E-state index in [1.54, 1.807) is 25.3 Å². The summed E-state index contributed by atoms with van der Waals surface area (Å²) in [5.41, 5.74) is 2.23. The van der Waals surface area contributed by atoms with E-state index in [4.69, 9.17) is 32.7 Å². The second kappa shape index (κ2) is 11.5. The van der Waals surface area contributed by atoms with Crippen molar-refractivity contribution < 1.29 is 14.3 Å². The molecule has 0 atom stereocenters. The smallest absolute Gasteiger partial charge is 0.234 e. The zero-order valence-corrected chi connectivity index (χ0v) is 21.3. The number of benzene rings is 3. The number of methoxy groups -OCH3 is 1. The van der Waals surface area contributed by atoms with Crippen molar-refractivity contribution in [1.29, 1.82) is 0 Å². The molecule has 1 N–H and O–H groups in total. The van der Waals surface area contributed by atoms with Crippen molar-refractivity contribution in [3.63, 3.8) is 0 Å². The fourth-order valence-electron chi connectivity index (χ4n) is 3.33. The summed E-state index contributed by atoms with van der Waals surface area (Å²) in [5.74, 6) is 2.04. The first-order valence-corrected chi connectivity index (χ1v) is 12.4. The molecule has 1 aromatic heterocycles. The molecule has 4 aromatic rings. The van der Waals surface area contributed by atoms with Gasteiger partial charge in [-0.2, -0.15) is 0 Å². The predicted molar refractivity (Wildman–Crippen MR) is 140 cm³/mol. The Morgan fingerprint density at radius 1 is 0.971 bits per heavy atom. The van der Waals surface area contributed by atoms with Gasteiger partial charge < -0.3 is 14.8 Å².